The number of hydrogen-bond donors (Lipinski definition) is 1. The number of nitrogens with zero attached hydrogens (tertiary/aromatic N) is 2. The van der Waals surface area contributed by atoms with Gasteiger partial charge >= 0.3 is 0 Å². The van der Waals surface area contributed by atoms with Gasteiger partial charge in [0.15, 0.2) is 0 Å². The maximum Gasteiger partial charge on any atom is 0.226 e. The highest BCUT2D eigenvalue weighted by atomic mass is 32.1. The van der Waals surface area contributed by atoms with E-state index in [9.17, 15) is 4.79 Å². The van der Waals surface area contributed by atoms with Gasteiger partial charge in [0, 0.05) is 12.0 Å². The zero-order valence-electron chi connectivity index (χ0n) is 10.4. The van der Waals surface area contributed by atoms with Gasteiger partial charge in [0.25, 0.3) is 0 Å². The highest BCUT2D eigenvalue weighted by molar-refractivity contribution is 7.18. The fraction of sp³-hybridized carbons (Fsp3) is 0.308. The summed E-state index contributed by atoms with van der Waals surface area (Å²) in [6.45, 7) is 4.00. The summed E-state index contributed by atoms with van der Waals surface area (Å²) in [7, 11) is 0. The van der Waals surface area contributed by atoms with E-state index in [-0.39, 0.29) is 5.91 Å². The largest absolute Gasteiger partial charge is 0.301 e. The molecule has 0 bridgehead atoms. The predicted molar refractivity (Wildman–Crippen MR) is 73.6 cm³/mol. The summed E-state index contributed by atoms with van der Waals surface area (Å²) in [5.74, 6) is -0.00927. The standard InChI is InChI=1S/C13H15N3OS/c1-3-6-11(17)14-13-16-15-12(18-13)10-8-5-4-7-9(10)2/h4-5,7-8H,3,6H2,1-2H3,(H,14,16,17). The first-order valence-corrected chi connectivity index (χ1v) is 6.71. The molecule has 1 aromatic carbocycles. The molecular formula is C13H15N3OS. The summed E-state index contributed by atoms with van der Waals surface area (Å²) >= 11 is 1.40. The smallest absolute Gasteiger partial charge is 0.226 e. The van der Waals surface area contributed by atoms with Gasteiger partial charge < -0.3 is 5.32 Å². The Labute approximate surface area is 110 Å². The molecule has 1 aromatic heterocycles. The highest BCUT2D eigenvalue weighted by Crippen LogP contribution is 2.28. The predicted octanol–water partition coefficient (Wildman–Crippen LogP) is 3.25. The number of rotatable bonds is 4. The molecule has 0 saturated heterocycles. The zero-order valence-corrected chi connectivity index (χ0v) is 11.3. The van der Waals surface area contributed by atoms with E-state index in [1.165, 1.54) is 11.3 Å². The average molecular weight is 261 g/mol. The van der Waals surface area contributed by atoms with Gasteiger partial charge in [0.2, 0.25) is 11.0 Å². The summed E-state index contributed by atoms with van der Waals surface area (Å²) in [6.07, 6.45) is 1.34. The third kappa shape index (κ3) is 2.92. The van der Waals surface area contributed by atoms with Crippen molar-refractivity contribution in [2.24, 2.45) is 0 Å². The van der Waals surface area contributed by atoms with Crippen LogP contribution in [0.1, 0.15) is 25.3 Å². The Balaban J connectivity index is 2.16. The average Bonchev–Trinajstić information content (AvgIpc) is 2.78. The molecule has 4 nitrogen and oxygen atoms in total. The number of carbonyl (C=O) groups is 1. The van der Waals surface area contributed by atoms with Crippen LogP contribution in [0.25, 0.3) is 10.6 Å². The maximum atomic E-state index is 11.5. The van der Waals surface area contributed by atoms with Crippen LogP contribution in [0, 0.1) is 6.92 Å². The summed E-state index contributed by atoms with van der Waals surface area (Å²) in [5, 5.41) is 12.3. The molecule has 0 saturated carbocycles. The minimum absolute atomic E-state index is 0.00927. The molecule has 1 amide bonds. The Morgan fingerprint density at radius 3 is 2.83 bits per heavy atom. The van der Waals surface area contributed by atoms with Gasteiger partial charge in [-0.05, 0) is 18.9 Å². The van der Waals surface area contributed by atoms with Gasteiger partial charge in [0.1, 0.15) is 5.01 Å². The van der Waals surface area contributed by atoms with Crippen molar-refractivity contribution in [3.8, 4) is 10.6 Å². The summed E-state index contributed by atoms with van der Waals surface area (Å²) < 4.78 is 0. The lowest BCUT2D eigenvalue weighted by Gasteiger charge is -1.99. The first kappa shape index (κ1) is 12.7. The molecule has 2 rings (SSSR count). The fourth-order valence-corrected chi connectivity index (χ4v) is 2.45. The third-order valence-corrected chi connectivity index (χ3v) is 3.40. The summed E-state index contributed by atoms with van der Waals surface area (Å²) in [6, 6.07) is 8.00. The second-order valence-electron chi connectivity index (χ2n) is 4.03. The molecule has 0 aliphatic heterocycles. The Morgan fingerprint density at radius 1 is 1.33 bits per heavy atom. The third-order valence-electron chi connectivity index (χ3n) is 2.52. The van der Waals surface area contributed by atoms with Crippen LogP contribution in [0.15, 0.2) is 24.3 Å². The van der Waals surface area contributed by atoms with Crippen LogP contribution >= 0.6 is 11.3 Å². The molecule has 94 valence electrons. The van der Waals surface area contributed by atoms with Gasteiger partial charge in [0.05, 0.1) is 0 Å². The Kier molecular flexibility index (Phi) is 4.04. The van der Waals surface area contributed by atoms with Crippen LogP contribution in [0.4, 0.5) is 5.13 Å². The van der Waals surface area contributed by atoms with Gasteiger partial charge in [-0.15, -0.1) is 10.2 Å². The lowest BCUT2D eigenvalue weighted by Crippen LogP contribution is -2.10. The molecule has 0 aliphatic carbocycles. The van der Waals surface area contributed by atoms with E-state index in [0.717, 1.165) is 22.6 Å². The number of benzene rings is 1. The molecule has 0 atom stereocenters. The number of nitrogens with one attached hydrogen (secondary N) is 1. The van der Waals surface area contributed by atoms with E-state index < -0.39 is 0 Å². The zero-order chi connectivity index (χ0) is 13.0. The van der Waals surface area contributed by atoms with E-state index >= 15 is 0 Å². The van der Waals surface area contributed by atoms with E-state index in [4.69, 9.17) is 0 Å². The van der Waals surface area contributed by atoms with Crippen molar-refractivity contribution < 1.29 is 4.79 Å². The molecule has 5 heteroatoms. The second-order valence-corrected chi connectivity index (χ2v) is 5.00. The number of carbonyl (C=O) groups excluding carboxylic acids is 1. The molecular weight excluding hydrogens is 246 g/mol. The SMILES string of the molecule is CCCC(=O)Nc1nnc(-c2ccccc2C)s1. The molecule has 2 aromatic rings. The van der Waals surface area contributed by atoms with Crippen LogP contribution in [-0.4, -0.2) is 16.1 Å². The molecule has 18 heavy (non-hydrogen) atoms. The molecule has 0 radical (unpaired) electrons. The topological polar surface area (TPSA) is 54.9 Å². The highest BCUT2D eigenvalue weighted by Gasteiger charge is 2.10. The second kappa shape index (κ2) is 5.73. The van der Waals surface area contributed by atoms with E-state index in [1.807, 2.05) is 38.1 Å². The Hall–Kier alpha value is -1.75. The molecule has 0 spiro atoms. The lowest BCUT2D eigenvalue weighted by atomic mass is 10.1. The van der Waals surface area contributed by atoms with Crippen molar-refractivity contribution in [2.45, 2.75) is 26.7 Å². The summed E-state index contributed by atoms with van der Waals surface area (Å²) in [4.78, 5) is 11.5. The quantitative estimate of drug-likeness (QED) is 0.919. The van der Waals surface area contributed by atoms with Gasteiger partial charge in [-0.3, -0.25) is 4.79 Å². The Morgan fingerprint density at radius 2 is 2.11 bits per heavy atom. The molecule has 0 unspecified atom stereocenters. The van der Waals surface area contributed by atoms with Crippen LogP contribution < -0.4 is 5.32 Å². The van der Waals surface area contributed by atoms with E-state index in [0.29, 0.717) is 11.6 Å². The molecule has 1 heterocycles. The first-order chi connectivity index (χ1) is 8.70. The summed E-state index contributed by atoms with van der Waals surface area (Å²) in [5.41, 5.74) is 2.21. The van der Waals surface area contributed by atoms with Crippen LogP contribution in [0.2, 0.25) is 0 Å². The lowest BCUT2D eigenvalue weighted by molar-refractivity contribution is -0.116. The van der Waals surface area contributed by atoms with Crippen LogP contribution in [-0.2, 0) is 4.79 Å². The van der Waals surface area contributed by atoms with Gasteiger partial charge in [-0.1, -0.05) is 42.5 Å². The minimum Gasteiger partial charge on any atom is -0.301 e. The number of hydrogen-bond acceptors (Lipinski definition) is 4. The van der Waals surface area contributed by atoms with Crippen molar-refractivity contribution >= 4 is 22.4 Å². The monoisotopic (exact) mass is 261 g/mol. The van der Waals surface area contributed by atoms with Crippen molar-refractivity contribution in [1.82, 2.24) is 10.2 Å². The number of aromatic nitrogens is 2. The van der Waals surface area contributed by atoms with Crippen molar-refractivity contribution in [3.63, 3.8) is 0 Å². The number of amides is 1. The number of aryl methyl sites for hydroxylation is 1. The fourth-order valence-electron chi connectivity index (χ4n) is 1.60. The maximum absolute atomic E-state index is 11.5. The minimum atomic E-state index is -0.00927. The number of anilines is 1. The van der Waals surface area contributed by atoms with Crippen LogP contribution in [0.3, 0.4) is 0 Å². The van der Waals surface area contributed by atoms with Crippen LogP contribution in [0.5, 0.6) is 0 Å². The normalized spacial score (nSPS) is 10.3. The first-order valence-electron chi connectivity index (χ1n) is 5.90. The Bertz CT molecular complexity index is 551. The van der Waals surface area contributed by atoms with Gasteiger partial charge in [-0.2, -0.15) is 0 Å². The molecule has 0 aliphatic rings. The molecule has 1 N–H and O–H groups in total. The van der Waals surface area contributed by atoms with Crippen molar-refractivity contribution in [1.29, 1.82) is 0 Å². The van der Waals surface area contributed by atoms with Gasteiger partial charge in [-0.25, -0.2) is 0 Å². The van der Waals surface area contributed by atoms with E-state index in [1.54, 1.807) is 0 Å². The van der Waals surface area contributed by atoms with E-state index in [2.05, 4.69) is 15.5 Å². The van der Waals surface area contributed by atoms with Crippen molar-refractivity contribution in [2.75, 3.05) is 5.32 Å². The molecule has 0 fully saturated rings. The van der Waals surface area contributed by atoms with Crippen molar-refractivity contribution in [3.05, 3.63) is 29.8 Å².